The molecule has 2 aromatic rings. The summed E-state index contributed by atoms with van der Waals surface area (Å²) in [7, 11) is 0. The Bertz CT molecular complexity index is 1090. The molecule has 10 heteroatoms. The molecule has 33 heavy (non-hydrogen) atoms. The van der Waals surface area contributed by atoms with Crippen molar-refractivity contribution in [3.63, 3.8) is 0 Å². The van der Waals surface area contributed by atoms with Crippen LogP contribution in [0.2, 0.25) is 0 Å². The number of hydrogen-bond donors (Lipinski definition) is 0. The van der Waals surface area contributed by atoms with Crippen molar-refractivity contribution in [2.24, 2.45) is 5.41 Å². The third-order valence-corrected chi connectivity index (χ3v) is 6.31. The van der Waals surface area contributed by atoms with Gasteiger partial charge in [-0.2, -0.15) is 26.3 Å². The number of carbonyl (C=O) groups is 3. The number of carbonyl (C=O) groups excluding carboxylic acids is 3. The molecule has 174 valence electrons. The molecule has 0 radical (unpaired) electrons. The number of piperidine rings is 1. The normalized spacial score (nSPS) is 24.1. The predicted molar refractivity (Wildman–Crippen MR) is 104 cm³/mol. The molecule has 1 saturated carbocycles. The van der Waals surface area contributed by atoms with Crippen LogP contribution < -0.4 is 4.90 Å². The molecule has 1 aliphatic heterocycles. The Morgan fingerprint density at radius 2 is 1.42 bits per heavy atom. The Labute approximate surface area is 184 Å². The molecule has 1 heterocycles. The summed E-state index contributed by atoms with van der Waals surface area (Å²) in [4.78, 5) is 39.9. The minimum Gasteiger partial charge on any atom is -0.298 e. The van der Waals surface area contributed by atoms with Crippen LogP contribution in [0.15, 0.2) is 48.5 Å². The van der Waals surface area contributed by atoms with Gasteiger partial charge in [0.2, 0.25) is 11.8 Å². The van der Waals surface area contributed by atoms with Gasteiger partial charge in [0.25, 0.3) is 0 Å². The van der Waals surface area contributed by atoms with E-state index in [0.717, 1.165) is 0 Å². The molecule has 1 aliphatic carbocycles. The van der Waals surface area contributed by atoms with Crippen molar-refractivity contribution >= 4 is 23.3 Å². The maximum absolute atomic E-state index is 13.6. The van der Waals surface area contributed by atoms with Crippen LogP contribution in [0, 0.1) is 5.41 Å². The van der Waals surface area contributed by atoms with Gasteiger partial charge < -0.3 is 0 Å². The summed E-state index contributed by atoms with van der Waals surface area (Å²) in [6.07, 6.45) is -10.3. The fourth-order valence-corrected chi connectivity index (χ4v) is 4.80. The van der Waals surface area contributed by atoms with Gasteiger partial charge in [-0.05, 0) is 36.6 Å². The Hall–Kier alpha value is -3.17. The summed E-state index contributed by atoms with van der Waals surface area (Å²) in [5, 5.41) is 0. The summed E-state index contributed by atoms with van der Waals surface area (Å²) in [6, 6.07) is 8.89. The zero-order valence-electron chi connectivity index (χ0n) is 17.0. The number of imide groups is 1. The topological polar surface area (TPSA) is 54.5 Å². The fraction of sp³-hybridized carbons (Fsp3) is 0.348. The Morgan fingerprint density at radius 1 is 0.848 bits per heavy atom. The van der Waals surface area contributed by atoms with Gasteiger partial charge in [0, 0.05) is 18.8 Å². The molecule has 0 aromatic heterocycles. The summed E-state index contributed by atoms with van der Waals surface area (Å²) in [5.74, 6) is -3.37. The molecule has 2 aliphatic rings. The van der Waals surface area contributed by atoms with Crippen molar-refractivity contribution in [3.05, 3.63) is 65.2 Å². The number of rotatable bonds is 2. The van der Waals surface area contributed by atoms with Crippen molar-refractivity contribution in [3.8, 4) is 0 Å². The highest BCUT2D eigenvalue weighted by atomic mass is 19.4. The zero-order valence-corrected chi connectivity index (χ0v) is 17.0. The Kier molecular flexibility index (Phi) is 5.37. The molecule has 2 atom stereocenters. The molecule has 0 N–H and O–H groups in total. The van der Waals surface area contributed by atoms with Crippen LogP contribution in [-0.4, -0.2) is 17.6 Å². The second-order valence-electron chi connectivity index (χ2n) is 8.21. The monoisotopic (exact) mass is 469 g/mol. The second-order valence-corrected chi connectivity index (χ2v) is 8.21. The smallest absolute Gasteiger partial charge is 0.298 e. The summed E-state index contributed by atoms with van der Waals surface area (Å²) >= 11 is 0. The lowest BCUT2D eigenvalue weighted by Gasteiger charge is -2.43. The van der Waals surface area contributed by atoms with Gasteiger partial charge in [-0.3, -0.25) is 14.4 Å². The number of ketones is 1. The molecule has 4 rings (SSSR count). The number of nitrogens with zero attached hydrogens (tertiary/aromatic N) is 1. The second kappa shape index (κ2) is 7.71. The average molecular weight is 469 g/mol. The molecule has 0 unspecified atom stereocenters. The lowest BCUT2D eigenvalue weighted by atomic mass is 9.65. The van der Waals surface area contributed by atoms with Crippen molar-refractivity contribution in [1.82, 2.24) is 0 Å². The maximum atomic E-state index is 13.6. The molecule has 0 bridgehead atoms. The van der Waals surface area contributed by atoms with Gasteiger partial charge in [0.15, 0.2) is 0 Å². The van der Waals surface area contributed by atoms with Gasteiger partial charge in [-0.1, -0.05) is 30.3 Å². The number of benzene rings is 2. The molecular formula is C23H17F6NO3. The highest BCUT2D eigenvalue weighted by Crippen LogP contribution is 2.53. The standard InChI is InChI=1S/C23H17F6NO3/c24-22(25,26)14-9-15(23(27,28)29)11-16(10-14)30-19(32)12-17(13-5-2-1-3-6-13)21(20(30)33)8-4-7-18(21)31/h1-3,5-6,9-11,17H,4,7-8,12H2/t17-,21-/m0/s1. The predicted octanol–water partition coefficient (Wildman–Crippen LogP) is 5.51. The highest BCUT2D eigenvalue weighted by molar-refractivity contribution is 6.26. The van der Waals surface area contributed by atoms with Crippen LogP contribution in [0.25, 0.3) is 0 Å². The maximum Gasteiger partial charge on any atom is 0.416 e. The van der Waals surface area contributed by atoms with Gasteiger partial charge in [0.05, 0.1) is 16.8 Å². The summed E-state index contributed by atoms with van der Waals surface area (Å²) in [5.41, 5.74) is -5.33. The van der Waals surface area contributed by atoms with Crippen LogP contribution in [-0.2, 0) is 26.7 Å². The van der Waals surface area contributed by atoms with E-state index in [9.17, 15) is 40.7 Å². The van der Waals surface area contributed by atoms with Gasteiger partial charge >= 0.3 is 12.4 Å². The minimum absolute atomic E-state index is 0.0352. The molecule has 1 saturated heterocycles. The zero-order chi connectivity index (χ0) is 24.2. The van der Waals surface area contributed by atoms with Crippen molar-refractivity contribution in [2.75, 3.05) is 4.90 Å². The number of alkyl halides is 6. The molecule has 2 amide bonds. The van der Waals surface area contributed by atoms with Crippen LogP contribution in [0.4, 0.5) is 32.0 Å². The van der Waals surface area contributed by atoms with Crippen LogP contribution in [0.3, 0.4) is 0 Å². The van der Waals surface area contributed by atoms with Crippen LogP contribution in [0.1, 0.15) is 48.3 Å². The lowest BCUT2D eigenvalue weighted by molar-refractivity contribution is -0.147. The fourth-order valence-electron chi connectivity index (χ4n) is 4.80. The third kappa shape index (κ3) is 3.81. The molecule has 2 aromatic carbocycles. The molecule has 4 nitrogen and oxygen atoms in total. The van der Waals surface area contributed by atoms with E-state index in [-0.39, 0.29) is 18.9 Å². The van der Waals surface area contributed by atoms with Gasteiger partial charge in [-0.15, -0.1) is 0 Å². The van der Waals surface area contributed by atoms with Gasteiger partial charge in [-0.25, -0.2) is 4.90 Å². The van der Waals surface area contributed by atoms with E-state index in [1.807, 2.05) is 0 Å². The Balaban J connectivity index is 1.88. The first-order valence-corrected chi connectivity index (χ1v) is 10.1. The number of anilines is 1. The van der Waals surface area contributed by atoms with E-state index in [1.54, 1.807) is 30.3 Å². The minimum atomic E-state index is -5.15. The Morgan fingerprint density at radius 3 is 1.91 bits per heavy atom. The van der Waals surface area contributed by atoms with E-state index in [0.29, 0.717) is 29.0 Å². The van der Waals surface area contributed by atoms with E-state index in [2.05, 4.69) is 0 Å². The number of Topliss-reactive ketones (excluding diaryl/α,β-unsaturated/α-hetero) is 1. The number of halogens is 6. The quantitative estimate of drug-likeness (QED) is 0.331. The summed E-state index contributed by atoms with van der Waals surface area (Å²) in [6.45, 7) is 0. The van der Waals surface area contributed by atoms with Crippen molar-refractivity contribution in [1.29, 1.82) is 0 Å². The average Bonchev–Trinajstić information content (AvgIpc) is 3.12. The van der Waals surface area contributed by atoms with Crippen molar-refractivity contribution < 1.29 is 40.7 Å². The SMILES string of the molecule is O=C1C[C@@H](c2ccccc2)[C@]2(CCCC2=O)C(=O)N1c1cc(C(F)(F)F)cc(C(F)(F)F)c1. The van der Waals surface area contributed by atoms with Crippen LogP contribution >= 0.6 is 0 Å². The first kappa shape index (κ1) is 23.0. The van der Waals surface area contributed by atoms with E-state index in [4.69, 9.17) is 0 Å². The first-order chi connectivity index (χ1) is 15.4. The number of hydrogen-bond acceptors (Lipinski definition) is 3. The van der Waals surface area contributed by atoms with E-state index < -0.39 is 64.5 Å². The van der Waals surface area contributed by atoms with Crippen molar-refractivity contribution in [2.45, 2.75) is 44.0 Å². The van der Waals surface area contributed by atoms with E-state index in [1.165, 1.54) is 0 Å². The lowest BCUT2D eigenvalue weighted by Crippen LogP contribution is -2.57. The van der Waals surface area contributed by atoms with E-state index >= 15 is 0 Å². The van der Waals surface area contributed by atoms with Crippen LogP contribution in [0.5, 0.6) is 0 Å². The molecule has 2 fully saturated rings. The highest BCUT2D eigenvalue weighted by Gasteiger charge is 2.60. The molecular weight excluding hydrogens is 452 g/mol. The largest absolute Gasteiger partial charge is 0.416 e. The number of amides is 2. The summed E-state index contributed by atoms with van der Waals surface area (Å²) < 4.78 is 80.0. The third-order valence-electron chi connectivity index (χ3n) is 6.31. The van der Waals surface area contributed by atoms with Gasteiger partial charge in [0.1, 0.15) is 11.2 Å². The first-order valence-electron chi connectivity index (χ1n) is 10.1. The molecule has 1 spiro atoms.